The minimum atomic E-state index is -3.67. The number of aryl methyl sites for hydroxylation is 1. The Morgan fingerprint density at radius 3 is 2.42 bits per heavy atom. The van der Waals surface area contributed by atoms with E-state index >= 15 is 0 Å². The minimum Gasteiger partial charge on any atom is -0.497 e. The summed E-state index contributed by atoms with van der Waals surface area (Å²) in [5.41, 5.74) is 1.31. The number of morpholine rings is 1. The molecule has 1 aromatic heterocycles. The quantitative estimate of drug-likeness (QED) is 0.549. The lowest BCUT2D eigenvalue weighted by Crippen LogP contribution is -2.48. The summed E-state index contributed by atoms with van der Waals surface area (Å²) in [7, 11) is -2.05. The van der Waals surface area contributed by atoms with Crippen LogP contribution in [0, 0.1) is 0 Å². The highest BCUT2D eigenvalue weighted by Gasteiger charge is 2.32. The highest BCUT2D eigenvalue weighted by molar-refractivity contribution is 7.89. The first-order chi connectivity index (χ1) is 15.7. The Labute approximate surface area is 197 Å². The SMILES string of the molecule is CCn1c(=NC(=O)c2ccc(S(=O)(=O)N3C[C@@H](C)O[C@@H](C)C3)cc2)sc2cc(OC)ccc21. The van der Waals surface area contributed by atoms with Crippen LogP contribution in [0.5, 0.6) is 5.75 Å². The molecule has 1 aliphatic rings. The van der Waals surface area contributed by atoms with Crippen molar-refractivity contribution in [3.05, 3.63) is 52.8 Å². The highest BCUT2D eigenvalue weighted by Crippen LogP contribution is 2.24. The Bertz CT molecular complexity index is 1330. The average molecular weight is 490 g/mol. The third-order valence-electron chi connectivity index (χ3n) is 5.53. The summed E-state index contributed by atoms with van der Waals surface area (Å²) in [5.74, 6) is 0.319. The minimum absolute atomic E-state index is 0.151. The predicted octanol–water partition coefficient (Wildman–Crippen LogP) is 3.27. The molecule has 2 heterocycles. The second kappa shape index (κ2) is 9.38. The fourth-order valence-corrected chi connectivity index (χ4v) is 6.68. The summed E-state index contributed by atoms with van der Waals surface area (Å²) in [4.78, 5) is 17.9. The largest absolute Gasteiger partial charge is 0.497 e. The van der Waals surface area contributed by atoms with E-state index in [1.807, 2.05) is 43.5 Å². The molecule has 3 aromatic rings. The van der Waals surface area contributed by atoms with E-state index in [1.165, 1.54) is 39.9 Å². The van der Waals surface area contributed by atoms with Crippen molar-refractivity contribution < 1.29 is 22.7 Å². The Morgan fingerprint density at radius 1 is 1.15 bits per heavy atom. The molecular weight excluding hydrogens is 462 g/mol. The van der Waals surface area contributed by atoms with Gasteiger partial charge in [0.05, 0.1) is 34.4 Å². The average Bonchev–Trinajstić information content (AvgIpc) is 3.14. The lowest BCUT2D eigenvalue weighted by molar-refractivity contribution is -0.0440. The summed E-state index contributed by atoms with van der Waals surface area (Å²) in [6.07, 6.45) is -0.343. The molecule has 176 valence electrons. The number of methoxy groups -OCH3 is 1. The van der Waals surface area contributed by atoms with Crippen molar-refractivity contribution in [3.63, 3.8) is 0 Å². The Morgan fingerprint density at radius 2 is 1.82 bits per heavy atom. The van der Waals surface area contributed by atoms with Crippen LogP contribution in [-0.4, -0.2) is 55.6 Å². The molecule has 1 fully saturated rings. The maximum atomic E-state index is 13.0. The first-order valence-corrected chi connectivity index (χ1v) is 13.0. The normalized spacial score (nSPS) is 20.3. The number of aromatic nitrogens is 1. The molecule has 33 heavy (non-hydrogen) atoms. The maximum absolute atomic E-state index is 13.0. The van der Waals surface area contributed by atoms with E-state index in [0.29, 0.717) is 30.0 Å². The number of ether oxygens (including phenoxy) is 2. The number of sulfonamides is 1. The lowest BCUT2D eigenvalue weighted by atomic mass is 10.2. The number of hydrogen-bond acceptors (Lipinski definition) is 6. The summed E-state index contributed by atoms with van der Waals surface area (Å²) in [6, 6.07) is 11.7. The van der Waals surface area contributed by atoms with Crippen LogP contribution in [0.15, 0.2) is 52.4 Å². The third-order valence-corrected chi connectivity index (χ3v) is 8.42. The molecule has 0 N–H and O–H groups in total. The predicted molar refractivity (Wildman–Crippen MR) is 127 cm³/mol. The summed E-state index contributed by atoms with van der Waals surface area (Å²) >= 11 is 1.41. The van der Waals surface area contributed by atoms with Crippen molar-refractivity contribution in [2.24, 2.45) is 4.99 Å². The van der Waals surface area contributed by atoms with Crippen LogP contribution in [0.1, 0.15) is 31.1 Å². The van der Waals surface area contributed by atoms with E-state index in [4.69, 9.17) is 9.47 Å². The van der Waals surface area contributed by atoms with E-state index in [9.17, 15) is 13.2 Å². The van der Waals surface area contributed by atoms with Gasteiger partial charge in [-0.25, -0.2) is 8.42 Å². The van der Waals surface area contributed by atoms with Crippen LogP contribution in [-0.2, 0) is 21.3 Å². The zero-order chi connectivity index (χ0) is 23.8. The van der Waals surface area contributed by atoms with Crippen molar-refractivity contribution >= 4 is 37.5 Å². The van der Waals surface area contributed by atoms with Gasteiger partial charge < -0.3 is 14.0 Å². The second-order valence-electron chi connectivity index (χ2n) is 7.98. The van der Waals surface area contributed by atoms with Crippen LogP contribution in [0.3, 0.4) is 0 Å². The van der Waals surface area contributed by atoms with Crippen molar-refractivity contribution in [2.45, 2.75) is 44.4 Å². The summed E-state index contributed by atoms with van der Waals surface area (Å²) in [5, 5.41) is 0. The van der Waals surface area contributed by atoms with E-state index in [0.717, 1.165) is 16.0 Å². The zero-order valence-corrected chi connectivity index (χ0v) is 20.6. The molecule has 2 atom stereocenters. The Hall–Kier alpha value is -2.53. The number of benzene rings is 2. The number of carbonyl (C=O) groups is 1. The molecule has 0 bridgehead atoms. The molecule has 0 saturated carbocycles. The lowest BCUT2D eigenvalue weighted by Gasteiger charge is -2.34. The van der Waals surface area contributed by atoms with Crippen molar-refractivity contribution in [1.29, 1.82) is 0 Å². The number of hydrogen-bond donors (Lipinski definition) is 0. The van der Waals surface area contributed by atoms with Gasteiger partial charge in [0.2, 0.25) is 10.0 Å². The number of nitrogens with zero attached hydrogens (tertiary/aromatic N) is 3. The van der Waals surface area contributed by atoms with Gasteiger partial charge in [0.15, 0.2) is 4.80 Å². The number of thiazole rings is 1. The fourth-order valence-electron chi connectivity index (χ4n) is 3.97. The van der Waals surface area contributed by atoms with Gasteiger partial charge in [0.1, 0.15) is 5.75 Å². The fraction of sp³-hybridized carbons (Fsp3) is 0.391. The third kappa shape index (κ3) is 4.74. The molecule has 4 rings (SSSR count). The molecule has 0 spiro atoms. The molecule has 0 unspecified atom stereocenters. The van der Waals surface area contributed by atoms with E-state index in [2.05, 4.69) is 4.99 Å². The molecule has 1 saturated heterocycles. The van der Waals surface area contributed by atoms with Crippen LogP contribution >= 0.6 is 11.3 Å². The van der Waals surface area contributed by atoms with E-state index in [1.54, 1.807) is 7.11 Å². The van der Waals surface area contributed by atoms with Gasteiger partial charge in [-0.3, -0.25) is 4.79 Å². The van der Waals surface area contributed by atoms with Gasteiger partial charge >= 0.3 is 0 Å². The second-order valence-corrected chi connectivity index (χ2v) is 10.9. The number of rotatable bonds is 5. The van der Waals surface area contributed by atoms with Crippen molar-refractivity contribution in [3.8, 4) is 5.75 Å². The zero-order valence-electron chi connectivity index (χ0n) is 19.0. The first-order valence-electron chi connectivity index (χ1n) is 10.7. The molecule has 10 heteroatoms. The van der Waals surface area contributed by atoms with Gasteiger partial charge in [-0.15, -0.1) is 0 Å². The molecule has 1 aliphatic heterocycles. The van der Waals surface area contributed by atoms with Gasteiger partial charge in [-0.1, -0.05) is 11.3 Å². The van der Waals surface area contributed by atoms with Crippen molar-refractivity contribution in [2.75, 3.05) is 20.2 Å². The van der Waals surface area contributed by atoms with Crippen molar-refractivity contribution in [1.82, 2.24) is 8.87 Å². The van der Waals surface area contributed by atoms with Crippen LogP contribution in [0.4, 0.5) is 0 Å². The molecular formula is C23H27N3O5S2. The molecule has 0 aliphatic carbocycles. The summed E-state index contributed by atoms with van der Waals surface area (Å²) < 4.78 is 41.4. The number of amides is 1. The highest BCUT2D eigenvalue weighted by atomic mass is 32.2. The van der Waals surface area contributed by atoms with Crippen LogP contribution in [0.2, 0.25) is 0 Å². The molecule has 2 aromatic carbocycles. The van der Waals surface area contributed by atoms with Gasteiger partial charge in [0.25, 0.3) is 5.91 Å². The standard InChI is InChI=1S/C23H27N3O5S2/c1-5-26-20-11-8-18(30-4)12-21(20)32-23(26)24-22(27)17-6-9-19(10-7-17)33(28,29)25-13-15(2)31-16(3)14-25/h6-12,15-16H,5,13-14H2,1-4H3/t15-,16+. The number of fused-ring (bicyclic) bond motifs is 1. The monoisotopic (exact) mass is 489 g/mol. The smallest absolute Gasteiger partial charge is 0.279 e. The maximum Gasteiger partial charge on any atom is 0.279 e. The van der Waals surface area contributed by atoms with Gasteiger partial charge in [-0.2, -0.15) is 9.30 Å². The van der Waals surface area contributed by atoms with Gasteiger partial charge in [-0.05, 0) is 63.2 Å². The molecule has 0 radical (unpaired) electrons. The topological polar surface area (TPSA) is 90.2 Å². The van der Waals surface area contributed by atoms with Crippen LogP contribution in [0.25, 0.3) is 10.2 Å². The Kier molecular flexibility index (Phi) is 6.71. The van der Waals surface area contributed by atoms with Gasteiger partial charge in [0, 0.05) is 25.2 Å². The molecule has 8 nitrogen and oxygen atoms in total. The number of carbonyl (C=O) groups excluding carboxylic acids is 1. The van der Waals surface area contributed by atoms with E-state index in [-0.39, 0.29) is 17.1 Å². The van der Waals surface area contributed by atoms with E-state index < -0.39 is 15.9 Å². The summed E-state index contributed by atoms with van der Waals surface area (Å²) in [6.45, 7) is 6.97. The Balaban J connectivity index is 1.62. The molecule has 1 amide bonds. The van der Waals surface area contributed by atoms with Crippen LogP contribution < -0.4 is 9.54 Å². The first kappa shape index (κ1) is 23.6.